The number of rotatable bonds is 2. The molecule has 1 aliphatic heterocycles. The summed E-state index contributed by atoms with van der Waals surface area (Å²) in [4.78, 5) is 10.8. The summed E-state index contributed by atoms with van der Waals surface area (Å²) in [5.41, 5.74) is 2.41. The van der Waals surface area contributed by atoms with Crippen LogP contribution in [-0.2, 0) is 0 Å². The van der Waals surface area contributed by atoms with Crippen LogP contribution in [0.4, 0.5) is 9.18 Å². The molecule has 1 aliphatic rings. The lowest BCUT2D eigenvalue weighted by molar-refractivity contribution is 0.182. The number of carboxylic acid groups (broad SMARTS) is 1. The number of fused-ring (bicyclic) bond motifs is 1. The van der Waals surface area contributed by atoms with Gasteiger partial charge in [-0.15, -0.1) is 0 Å². The number of amides is 1. The van der Waals surface area contributed by atoms with Gasteiger partial charge in [0.15, 0.2) is 0 Å². The Balaban J connectivity index is 1.96. The fraction of sp³-hybridized carbons (Fsp3) is 0.188. The molecule has 0 bridgehead atoms. The number of benzene rings is 2. The first-order valence-corrected chi connectivity index (χ1v) is 6.65. The van der Waals surface area contributed by atoms with Gasteiger partial charge in [0, 0.05) is 12.0 Å². The van der Waals surface area contributed by atoms with Crippen LogP contribution in [0, 0.1) is 5.82 Å². The number of carbonyl (C=O) groups is 1. The van der Waals surface area contributed by atoms with E-state index in [1.54, 1.807) is 6.07 Å². The predicted octanol–water partition coefficient (Wildman–Crippen LogP) is 3.58. The maximum Gasteiger partial charge on any atom is 0.405 e. The molecule has 5 heteroatoms. The molecular weight excluding hydrogens is 273 g/mol. The normalized spacial score (nSPS) is 16.7. The monoisotopic (exact) mass is 287 g/mol. The van der Waals surface area contributed by atoms with Gasteiger partial charge in [0.1, 0.15) is 11.6 Å². The van der Waals surface area contributed by atoms with Gasteiger partial charge >= 0.3 is 6.09 Å². The average molecular weight is 287 g/mol. The van der Waals surface area contributed by atoms with E-state index in [1.165, 1.54) is 12.1 Å². The van der Waals surface area contributed by atoms with Gasteiger partial charge < -0.3 is 15.2 Å². The van der Waals surface area contributed by atoms with Crippen molar-refractivity contribution in [2.45, 2.75) is 12.5 Å². The van der Waals surface area contributed by atoms with Crippen LogP contribution in [0.1, 0.15) is 18.0 Å². The van der Waals surface area contributed by atoms with Gasteiger partial charge in [-0.1, -0.05) is 24.3 Å². The molecule has 0 saturated heterocycles. The zero-order valence-electron chi connectivity index (χ0n) is 11.2. The largest absolute Gasteiger partial charge is 0.493 e. The Morgan fingerprint density at radius 3 is 2.81 bits per heavy atom. The number of nitrogens with one attached hydrogen (secondary N) is 1. The predicted molar refractivity (Wildman–Crippen MR) is 75.8 cm³/mol. The van der Waals surface area contributed by atoms with Crippen molar-refractivity contribution in [2.75, 3.05) is 6.61 Å². The third kappa shape index (κ3) is 2.81. The van der Waals surface area contributed by atoms with E-state index in [4.69, 9.17) is 9.84 Å². The Morgan fingerprint density at radius 2 is 2.05 bits per heavy atom. The van der Waals surface area contributed by atoms with Crippen molar-refractivity contribution in [3.63, 3.8) is 0 Å². The number of ether oxygens (including phenoxy) is 1. The van der Waals surface area contributed by atoms with Gasteiger partial charge in [0.25, 0.3) is 0 Å². The van der Waals surface area contributed by atoms with E-state index in [2.05, 4.69) is 5.32 Å². The minimum absolute atomic E-state index is 0.271. The Bertz CT molecular complexity index is 687. The summed E-state index contributed by atoms with van der Waals surface area (Å²) in [7, 11) is 0. The lowest BCUT2D eigenvalue weighted by Crippen LogP contribution is -2.30. The van der Waals surface area contributed by atoms with Gasteiger partial charge in [0.2, 0.25) is 0 Å². The summed E-state index contributed by atoms with van der Waals surface area (Å²) in [6.07, 6.45) is -0.458. The number of hydrogen-bond donors (Lipinski definition) is 2. The van der Waals surface area contributed by atoms with Crippen molar-refractivity contribution in [1.82, 2.24) is 5.32 Å². The van der Waals surface area contributed by atoms with Crippen molar-refractivity contribution >= 4 is 6.09 Å². The van der Waals surface area contributed by atoms with E-state index in [-0.39, 0.29) is 11.9 Å². The van der Waals surface area contributed by atoms with Gasteiger partial charge in [-0.3, -0.25) is 0 Å². The molecule has 1 unspecified atom stereocenters. The maximum absolute atomic E-state index is 13.3. The van der Waals surface area contributed by atoms with Crippen LogP contribution in [0.2, 0.25) is 0 Å². The molecular formula is C16H14FNO3. The second-order valence-electron chi connectivity index (χ2n) is 4.90. The smallest absolute Gasteiger partial charge is 0.405 e. The van der Waals surface area contributed by atoms with Gasteiger partial charge in [-0.25, -0.2) is 9.18 Å². The first kappa shape index (κ1) is 13.4. The molecule has 108 valence electrons. The van der Waals surface area contributed by atoms with Crippen molar-refractivity contribution in [2.24, 2.45) is 0 Å². The van der Waals surface area contributed by atoms with Crippen LogP contribution in [0.5, 0.6) is 5.75 Å². The molecule has 3 rings (SSSR count). The Hall–Kier alpha value is -2.56. The summed E-state index contributed by atoms with van der Waals surface area (Å²) in [6.45, 7) is 0.449. The number of hydrogen-bond acceptors (Lipinski definition) is 2. The molecule has 2 aromatic rings. The minimum atomic E-state index is -1.05. The van der Waals surface area contributed by atoms with Crippen LogP contribution < -0.4 is 10.1 Å². The topological polar surface area (TPSA) is 58.6 Å². The van der Waals surface area contributed by atoms with E-state index in [0.717, 1.165) is 16.7 Å². The quantitative estimate of drug-likeness (QED) is 0.887. The molecule has 21 heavy (non-hydrogen) atoms. The molecule has 0 aliphatic carbocycles. The maximum atomic E-state index is 13.3. The molecule has 0 aromatic heterocycles. The van der Waals surface area contributed by atoms with E-state index in [0.29, 0.717) is 18.8 Å². The Kier molecular flexibility index (Phi) is 3.48. The van der Waals surface area contributed by atoms with Crippen LogP contribution in [0.3, 0.4) is 0 Å². The lowest BCUT2D eigenvalue weighted by Gasteiger charge is -2.26. The average Bonchev–Trinajstić information content (AvgIpc) is 2.46. The number of halogens is 1. The first-order valence-electron chi connectivity index (χ1n) is 6.65. The lowest BCUT2D eigenvalue weighted by atomic mass is 9.96. The molecule has 0 radical (unpaired) electrons. The molecule has 1 heterocycles. The highest BCUT2D eigenvalue weighted by molar-refractivity contribution is 5.68. The molecule has 0 fully saturated rings. The van der Waals surface area contributed by atoms with E-state index < -0.39 is 6.09 Å². The molecule has 1 amide bonds. The molecule has 1 atom stereocenters. The third-order valence-electron chi connectivity index (χ3n) is 3.51. The highest BCUT2D eigenvalue weighted by Gasteiger charge is 2.23. The third-order valence-corrected chi connectivity index (χ3v) is 3.51. The minimum Gasteiger partial charge on any atom is -0.493 e. The SMILES string of the molecule is O=C(O)NC1CCOc2cc(-c3cccc(F)c3)ccc21. The van der Waals surface area contributed by atoms with Crippen LogP contribution in [-0.4, -0.2) is 17.8 Å². The summed E-state index contributed by atoms with van der Waals surface area (Å²) in [5.74, 6) is 0.346. The standard InChI is InChI=1S/C16H14FNO3/c17-12-3-1-2-10(8-12)11-4-5-13-14(18-16(19)20)6-7-21-15(13)9-11/h1-5,8-9,14,18H,6-7H2,(H,19,20). The molecule has 4 nitrogen and oxygen atoms in total. The van der Waals surface area contributed by atoms with Crippen LogP contribution >= 0.6 is 0 Å². The second-order valence-corrected chi connectivity index (χ2v) is 4.90. The van der Waals surface area contributed by atoms with Crippen LogP contribution in [0.25, 0.3) is 11.1 Å². The highest BCUT2D eigenvalue weighted by Crippen LogP contribution is 2.35. The van der Waals surface area contributed by atoms with E-state index >= 15 is 0 Å². The first-order chi connectivity index (χ1) is 10.1. The fourth-order valence-electron chi connectivity index (χ4n) is 2.54. The van der Waals surface area contributed by atoms with Crippen molar-refractivity contribution in [1.29, 1.82) is 0 Å². The molecule has 0 spiro atoms. The van der Waals surface area contributed by atoms with Gasteiger partial charge in [-0.05, 0) is 29.3 Å². The molecule has 0 saturated carbocycles. The van der Waals surface area contributed by atoms with Gasteiger partial charge in [0.05, 0.1) is 12.6 Å². The zero-order valence-corrected chi connectivity index (χ0v) is 11.2. The zero-order chi connectivity index (χ0) is 14.8. The highest BCUT2D eigenvalue weighted by atomic mass is 19.1. The second kappa shape index (κ2) is 5.44. The van der Waals surface area contributed by atoms with Crippen molar-refractivity contribution < 1.29 is 19.0 Å². The van der Waals surface area contributed by atoms with E-state index in [1.807, 2.05) is 24.3 Å². The van der Waals surface area contributed by atoms with Crippen LogP contribution in [0.15, 0.2) is 42.5 Å². The summed E-state index contributed by atoms with van der Waals surface area (Å²) < 4.78 is 18.9. The van der Waals surface area contributed by atoms with Crippen molar-refractivity contribution in [3.05, 3.63) is 53.8 Å². The van der Waals surface area contributed by atoms with E-state index in [9.17, 15) is 9.18 Å². The Labute approximate surface area is 121 Å². The molecule has 2 aromatic carbocycles. The summed E-state index contributed by atoms with van der Waals surface area (Å²) >= 11 is 0. The summed E-state index contributed by atoms with van der Waals surface area (Å²) in [6, 6.07) is 11.5. The Morgan fingerprint density at radius 1 is 1.24 bits per heavy atom. The van der Waals surface area contributed by atoms with Crippen molar-refractivity contribution in [3.8, 4) is 16.9 Å². The summed E-state index contributed by atoms with van der Waals surface area (Å²) in [5, 5.41) is 11.3. The van der Waals surface area contributed by atoms with Gasteiger partial charge in [-0.2, -0.15) is 0 Å². The molecule has 2 N–H and O–H groups in total. The fourth-order valence-corrected chi connectivity index (χ4v) is 2.54.